The second-order valence-corrected chi connectivity index (χ2v) is 5.53. The molecule has 1 aromatic heterocycles. The number of carbonyl (C=O) groups excluding carboxylic acids is 1. The van der Waals surface area contributed by atoms with Crippen LogP contribution >= 0.6 is 11.3 Å². The monoisotopic (exact) mass is 275 g/mol. The van der Waals surface area contributed by atoms with Gasteiger partial charge >= 0.3 is 0 Å². The molecule has 0 fully saturated rings. The minimum absolute atomic E-state index is 0.0595. The van der Waals surface area contributed by atoms with Gasteiger partial charge in [0.15, 0.2) is 0 Å². The van der Waals surface area contributed by atoms with E-state index >= 15 is 0 Å². The van der Waals surface area contributed by atoms with Gasteiger partial charge in [-0.1, -0.05) is 12.1 Å². The summed E-state index contributed by atoms with van der Waals surface area (Å²) >= 11 is 1.71. The van der Waals surface area contributed by atoms with Gasteiger partial charge in [-0.2, -0.15) is 0 Å². The minimum Gasteiger partial charge on any atom is -0.506 e. The Kier molecular flexibility index (Phi) is 4.58. The zero-order valence-corrected chi connectivity index (χ0v) is 11.7. The lowest BCUT2D eigenvalue weighted by Crippen LogP contribution is -2.11. The molecule has 0 aliphatic heterocycles. The van der Waals surface area contributed by atoms with Crippen molar-refractivity contribution in [1.82, 2.24) is 0 Å². The van der Waals surface area contributed by atoms with Crippen LogP contribution in [0.3, 0.4) is 0 Å². The van der Waals surface area contributed by atoms with Crippen molar-refractivity contribution in [1.29, 1.82) is 0 Å². The van der Waals surface area contributed by atoms with Gasteiger partial charge < -0.3 is 10.4 Å². The molecule has 1 aromatic carbocycles. The van der Waals surface area contributed by atoms with Crippen LogP contribution in [0.2, 0.25) is 0 Å². The summed E-state index contributed by atoms with van der Waals surface area (Å²) in [6.45, 7) is 1.90. The Morgan fingerprint density at radius 1 is 1.37 bits per heavy atom. The zero-order valence-electron chi connectivity index (χ0n) is 10.8. The molecule has 1 heterocycles. The van der Waals surface area contributed by atoms with Gasteiger partial charge in [0.25, 0.3) is 0 Å². The molecule has 3 nitrogen and oxygen atoms in total. The van der Waals surface area contributed by atoms with Crippen molar-refractivity contribution in [2.24, 2.45) is 0 Å². The summed E-state index contributed by atoms with van der Waals surface area (Å²) in [5.74, 6) is 0.0577. The maximum absolute atomic E-state index is 11.8. The predicted octanol–water partition coefficient (Wildman–Crippen LogP) is 3.72. The van der Waals surface area contributed by atoms with E-state index in [1.54, 1.807) is 23.5 Å². The summed E-state index contributed by atoms with van der Waals surface area (Å²) < 4.78 is 0. The van der Waals surface area contributed by atoms with Gasteiger partial charge in [0.2, 0.25) is 5.91 Å². The fourth-order valence-corrected chi connectivity index (χ4v) is 2.59. The van der Waals surface area contributed by atoms with Crippen LogP contribution in [0.1, 0.15) is 23.3 Å². The molecule has 2 aromatic rings. The highest BCUT2D eigenvalue weighted by Gasteiger charge is 2.06. The molecule has 0 spiro atoms. The van der Waals surface area contributed by atoms with Crippen LogP contribution < -0.4 is 5.32 Å². The van der Waals surface area contributed by atoms with Crippen LogP contribution in [0, 0.1) is 6.92 Å². The van der Waals surface area contributed by atoms with E-state index in [0.29, 0.717) is 12.1 Å². The summed E-state index contributed by atoms with van der Waals surface area (Å²) in [7, 11) is 0. The van der Waals surface area contributed by atoms with Crippen molar-refractivity contribution in [3.8, 4) is 5.75 Å². The quantitative estimate of drug-likeness (QED) is 0.817. The molecule has 2 rings (SSSR count). The number of aromatic hydroxyl groups is 1. The van der Waals surface area contributed by atoms with E-state index in [9.17, 15) is 9.90 Å². The minimum atomic E-state index is -0.0595. The maximum Gasteiger partial charge on any atom is 0.224 e. The third-order valence-electron chi connectivity index (χ3n) is 2.83. The smallest absolute Gasteiger partial charge is 0.224 e. The lowest BCUT2D eigenvalue weighted by atomic mass is 10.2. The maximum atomic E-state index is 11.8. The van der Waals surface area contributed by atoms with Crippen molar-refractivity contribution < 1.29 is 9.90 Å². The highest BCUT2D eigenvalue weighted by Crippen LogP contribution is 2.24. The van der Waals surface area contributed by atoms with Crippen LogP contribution in [0.5, 0.6) is 5.75 Å². The Labute approximate surface area is 116 Å². The molecule has 0 atom stereocenters. The molecule has 0 saturated heterocycles. The Morgan fingerprint density at radius 3 is 2.89 bits per heavy atom. The van der Waals surface area contributed by atoms with Crippen molar-refractivity contribution in [2.45, 2.75) is 26.2 Å². The normalized spacial score (nSPS) is 10.4. The number of hydrogen-bond donors (Lipinski definition) is 2. The van der Waals surface area contributed by atoms with E-state index in [1.165, 1.54) is 4.88 Å². The van der Waals surface area contributed by atoms with E-state index < -0.39 is 0 Å². The summed E-state index contributed by atoms with van der Waals surface area (Å²) in [5, 5.41) is 14.5. The van der Waals surface area contributed by atoms with E-state index in [4.69, 9.17) is 0 Å². The molecular weight excluding hydrogens is 258 g/mol. The Bertz CT molecular complexity index is 549. The Hall–Kier alpha value is -1.81. The molecule has 100 valence electrons. The first kappa shape index (κ1) is 13.6. The summed E-state index contributed by atoms with van der Waals surface area (Å²) in [6.07, 6.45) is 2.20. The van der Waals surface area contributed by atoms with Gasteiger partial charge in [0.1, 0.15) is 5.75 Å². The van der Waals surface area contributed by atoms with Gasteiger partial charge in [-0.05, 0) is 48.9 Å². The van der Waals surface area contributed by atoms with Gasteiger partial charge in [-0.3, -0.25) is 4.79 Å². The van der Waals surface area contributed by atoms with Crippen LogP contribution in [-0.4, -0.2) is 11.0 Å². The van der Waals surface area contributed by atoms with Crippen LogP contribution in [0.25, 0.3) is 0 Å². The van der Waals surface area contributed by atoms with Gasteiger partial charge in [0, 0.05) is 11.3 Å². The molecule has 0 saturated carbocycles. The number of carbonyl (C=O) groups is 1. The van der Waals surface area contributed by atoms with Gasteiger partial charge in [-0.25, -0.2) is 0 Å². The average Bonchev–Trinajstić information content (AvgIpc) is 2.86. The first-order valence-corrected chi connectivity index (χ1v) is 7.15. The highest BCUT2D eigenvalue weighted by atomic mass is 32.1. The zero-order chi connectivity index (χ0) is 13.7. The first-order chi connectivity index (χ1) is 9.15. The molecule has 19 heavy (non-hydrogen) atoms. The molecule has 0 bridgehead atoms. The SMILES string of the molecule is Cc1ccc(NC(=O)CCCc2cccs2)c(O)c1. The number of hydrogen-bond acceptors (Lipinski definition) is 3. The Balaban J connectivity index is 1.80. The van der Waals surface area contributed by atoms with E-state index in [2.05, 4.69) is 11.4 Å². The van der Waals surface area contributed by atoms with Gasteiger partial charge in [0.05, 0.1) is 5.69 Å². The van der Waals surface area contributed by atoms with E-state index in [-0.39, 0.29) is 11.7 Å². The number of amides is 1. The average molecular weight is 275 g/mol. The standard InChI is InChI=1S/C15H17NO2S/c1-11-7-8-13(14(17)10-11)16-15(18)6-2-4-12-5-3-9-19-12/h3,5,7-10,17H,2,4,6H2,1H3,(H,16,18). The number of anilines is 1. The van der Waals surface area contributed by atoms with E-state index in [0.717, 1.165) is 18.4 Å². The number of benzene rings is 1. The van der Waals surface area contributed by atoms with Crippen LogP contribution in [0.15, 0.2) is 35.7 Å². The number of phenols is 1. The fourth-order valence-electron chi connectivity index (χ4n) is 1.84. The topological polar surface area (TPSA) is 49.3 Å². The van der Waals surface area contributed by atoms with Crippen LogP contribution in [0.4, 0.5) is 5.69 Å². The highest BCUT2D eigenvalue weighted by molar-refractivity contribution is 7.09. The second-order valence-electron chi connectivity index (χ2n) is 4.50. The van der Waals surface area contributed by atoms with Crippen LogP contribution in [-0.2, 0) is 11.2 Å². The third kappa shape index (κ3) is 4.10. The van der Waals surface area contributed by atoms with Crippen molar-refractivity contribution in [2.75, 3.05) is 5.32 Å². The number of aryl methyl sites for hydroxylation is 2. The lowest BCUT2D eigenvalue weighted by molar-refractivity contribution is -0.116. The third-order valence-corrected chi connectivity index (χ3v) is 3.77. The lowest BCUT2D eigenvalue weighted by Gasteiger charge is -2.07. The molecule has 4 heteroatoms. The largest absolute Gasteiger partial charge is 0.506 e. The second kappa shape index (κ2) is 6.38. The summed E-state index contributed by atoms with van der Waals surface area (Å²) in [5.41, 5.74) is 1.44. The molecule has 1 amide bonds. The predicted molar refractivity (Wildman–Crippen MR) is 78.7 cm³/mol. The summed E-state index contributed by atoms with van der Waals surface area (Å²) in [4.78, 5) is 13.1. The number of thiophene rings is 1. The van der Waals surface area contributed by atoms with Crippen molar-refractivity contribution >= 4 is 22.9 Å². The molecule has 2 N–H and O–H groups in total. The molecule has 0 aliphatic carbocycles. The summed E-state index contributed by atoms with van der Waals surface area (Å²) in [6, 6.07) is 9.32. The number of nitrogens with one attached hydrogen (secondary N) is 1. The van der Waals surface area contributed by atoms with E-state index in [1.807, 2.05) is 24.4 Å². The fraction of sp³-hybridized carbons (Fsp3) is 0.267. The van der Waals surface area contributed by atoms with Crippen molar-refractivity contribution in [3.05, 3.63) is 46.2 Å². The molecule has 0 unspecified atom stereocenters. The molecule has 0 aliphatic rings. The molecular formula is C15H17NO2S. The van der Waals surface area contributed by atoms with Crippen molar-refractivity contribution in [3.63, 3.8) is 0 Å². The Morgan fingerprint density at radius 2 is 2.21 bits per heavy atom. The first-order valence-electron chi connectivity index (χ1n) is 6.27. The number of rotatable bonds is 5. The number of phenolic OH excluding ortho intramolecular Hbond substituents is 1. The molecule has 0 radical (unpaired) electrons. The van der Waals surface area contributed by atoms with Gasteiger partial charge in [-0.15, -0.1) is 11.3 Å².